The third-order valence-electron chi connectivity index (χ3n) is 5.30. The van der Waals surface area contributed by atoms with E-state index in [9.17, 15) is 13.6 Å². The maximum Gasteiger partial charge on any atom is 0.410 e. The molecule has 1 heterocycles. The summed E-state index contributed by atoms with van der Waals surface area (Å²) in [7, 11) is 0. The van der Waals surface area contributed by atoms with Crippen molar-refractivity contribution in [3.63, 3.8) is 0 Å². The lowest BCUT2D eigenvalue weighted by Crippen LogP contribution is -2.44. The Hall–Kier alpha value is -2.43. The highest BCUT2D eigenvalue weighted by molar-refractivity contribution is 5.74. The molecule has 142 valence electrons. The van der Waals surface area contributed by atoms with Gasteiger partial charge in [0.1, 0.15) is 17.2 Å². The summed E-state index contributed by atoms with van der Waals surface area (Å²) >= 11 is 0. The summed E-state index contributed by atoms with van der Waals surface area (Å²) in [4.78, 5) is 14.3. The molecule has 1 aliphatic carbocycles. The minimum atomic E-state index is -0.607. The number of hydrogen-bond acceptors (Lipinski definition) is 2. The average molecular weight is 371 g/mol. The van der Waals surface area contributed by atoms with Gasteiger partial charge in [0, 0.05) is 23.1 Å². The molecular formula is C22H23F2NO2. The molecule has 5 heteroatoms. The first-order valence-corrected chi connectivity index (χ1v) is 9.25. The van der Waals surface area contributed by atoms with Gasteiger partial charge in [0.2, 0.25) is 0 Å². The molecule has 3 nitrogen and oxygen atoms in total. The molecule has 1 amide bonds. The number of amides is 1. The fourth-order valence-corrected chi connectivity index (χ4v) is 3.99. The van der Waals surface area contributed by atoms with Crippen molar-refractivity contribution in [1.82, 2.24) is 4.90 Å². The Morgan fingerprint density at radius 3 is 2.37 bits per heavy atom. The molecule has 1 aliphatic heterocycles. The second-order valence-corrected chi connectivity index (χ2v) is 8.55. The van der Waals surface area contributed by atoms with Crippen LogP contribution in [0.5, 0.6) is 0 Å². The van der Waals surface area contributed by atoms with Crippen molar-refractivity contribution >= 4 is 6.09 Å². The highest BCUT2D eigenvalue weighted by Gasteiger charge is 2.52. The van der Waals surface area contributed by atoms with E-state index in [2.05, 4.69) is 0 Å². The van der Waals surface area contributed by atoms with Gasteiger partial charge in [-0.3, -0.25) is 0 Å². The second kappa shape index (κ2) is 6.04. The molecular weight excluding hydrogens is 348 g/mol. The van der Waals surface area contributed by atoms with Gasteiger partial charge in [-0.15, -0.1) is 0 Å². The summed E-state index contributed by atoms with van der Waals surface area (Å²) in [6, 6.07) is 9.51. The fourth-order valence-electron chi connectivity index (χ4n) is 3.99. The van der Waals surface area contributed by atoms with E-state index in [1.807, 2.05) is 20.8 Å². The monoisotopic (exact) mass is 371 g/mol. The first-order chi connectivity index (χ1) is 12.7. The maximum absolute atomic E-state index is 14.8. The van der Waals surface area contributed by atoms with Crippen LogP contribution < -0.4 is 0 Å². The molecule has 0 unspecified atom stereocenters. The summed E-state index contributed by atoms with van der Waals surface area (Å²) in [5.41, 5.74) is 1.41. The van der Waals surface area contributed by atoms with Crippen LogP contribution in [0.3, 0.4) is 0 Å². The van der Waals surface area contributed by atoms with Gasteiger partial charge in [0.05, 0.1) is 6.54 Å². The van der Waals surface area contributed by atoms with Crippen LogP contribution in [0.1, 0.15) is 44.7 Å². The molecule has 1 fully saturated rings. The Morgan fingerprint density at radius 1 is 1.04 bits per heavy atom. The first kappa shape index (κ1) is 18.0. The molecule has 1 saturated carbocycles. The van der Waals surface area contributed by atoms with Crippen molar-refractivity contribution in [2.75, 3.05) is 6.54 Å². The Morgan fingerprint density at radius 2 is 1.74 bits per heavy atom. The van der Waals surface area contributed by atoms with E-state index < -0.39 is 11.7 Å². The van der Waals surface area contributed by atoms with Crippen molar-refractivity contribution in [3.05, 3.63) is 59.2 Å². The van der Waals surface area contributed by atoms with Gasteiger partial charge in [-0.05, 0) is 56.9 Å². The van der Waals surface area contributed by atoms with Crippen LogP contribution >= 0.6 is 0 Å². The smallest absolute Gasteiger partial charge is 0.410 e. The minimum Gasteiger partial charge on any atom is -0.444 e. The molecule has 0 N–H and O–H groups in total. The number of benzene rings is 2. The summed E-state index contributed by atoms with van der Waals surface area (Å²) < 4.78 is 34.7. The van der Waals surface area contributed by atoms with Crippen LogP contribution in [0, 0.1) is 11.6 Å². The lowest BCUT2D eigenvalue weighted by molar-refractivity contribution is 0.0195. The van der Waals surface area contributed by atoms with Crippen molar-refractivity contribution in [2.45, 2.75) is 51.2 Å². The summed E-state index contributed by atoms with van der Waals surface area (Å²) in [6.45, 7) is 6.11. The molecule has 0 saturated heterocycles. The highest BCUT2D eigenvalue weighted by atomic mass is 19.1. The van der Waals surface area contributed by atoms with E-state index in [0.29, 0.717) is 28.8 Å². The molecule has 2 aliphatic rings. The summed E-state index contributed by atoms with van der Waals surface area (Å²) in [6.07, 6.45) is 1.22. The minimum absolute atomic E-state index is 0.216. The van der Waals surface area contributed by atoms with Crippen LogP contribution in [0.25, 0.3) is 11.1 Å². The number of hydrogen-bond donors (Lipinski definition) is 0. The van der Waals surface area contributed by atoms with Gasteiger partial charge in [0.25, 0.3) is 0 Å². The molecule has 0 bridgehead atoms. The number of carbonyl (C=O) groups excluding carboxylic acids is 1. The third kappa shape index (κ3) is 3.20. The lowest BCUT2D eigenvalue weighted by atomic mass is 9.82. The summed E-state index contributed by atoms with van der Waals surface area (Å²) in [5.74, 6) is -0.628. The first-order valence-electron chi connectivity index (χ1n) is 9.25. The number of carbonyl (C=O) groups is 1. The van der Waals surface area contributed by atoms with Crippen LogP contribution in [0.4, 0.5) is 13.6 Å². The molecule has 2 aromatic carbocycles. The molecule has 0 radical (unpaired) electrons. The van der Waals surface area contributed by atoms with Crippen LogP contribution in [-0.2, 0) is 16.7 Å². The van der Waals surface area contributed by atoms with Crippen molar-refractivity contribution in [3.8, 4) is 11.1 Å². The van der Waals surface area contributed by atoms with E-state index in [1.54, 1.807) is 29.2 Å². The Kier molecular flexibility index (Phi) is 4.02. The fraction of sp³-hybridized carbons (Fsp3) is 0.409. The quantitative estimate of drug-likeness (QED) is 0.670. The normalized spacial score (nSPS) is 17.6. The molecule has 1 spiro atoms. The van der Waals surface area contributed by atoms with Crippen molar-refractivity contribution < 1.29 is 18.3 Å². The topological polar surface area (TPSA) is 29.5 Å². The predicted molar refractivity (Wildman–Crippen MR) is 99.4 cm³/mol. The maximum atomic E-state index is 14.8. The van der Waals surface area contributed by atoms with Crippen molar-refractivity contribution in [2.24, 2.45) is 0 Å². The zero-order valence-electron chi connectivity index (χ0n) is 15.8. The predicted octanol–water partition coefficient (Wildman–Crippen LogP) is 5.41. The lowest BCUT2D eigenvalue weighted by Gasteiger charge is -2.37. The van der Waals surface area contributed by atoms with Gasteiger partial charge in [0.15, 0.2) is 0 Å². The van der Waals surface area contributed by atoms with E-state index in [1.165, 1.54) is 12.1 Å². The van der Waals surface area contributed by atoms with E-state index in [0.717, 1.165) is 12.8 Å². The average Bonchev–Trinajstić information content (AvgIpc) is 3.33. The zero-order chi connectivity index (χ0) is 19.4. The standard InChI is InChI=1S/C22H23F2NO2/c1-21(2,3)27-20(26)25-12-16-14(15-6-4-5-7-17(15)23)8-9-18(24)19(16)22(13-25)10-11-22/h4-9H,10-13H2,1-3H3. The van der Waals surface area contributed by atoms with Crippen molar-refractivity contribution in [1.29, 1.82) is 0 Å². The Balaban J connectivity index is 1.81. The molecule has 27 heavy (non-hydrogen) atoms. The molecule has 2 aromatic rings. The van der Waals surface area contributed by atoms with Gasteiger partial charge in [-0.2, -0.15) is 0 Å². The van der Waals surface area contributed by atoms with E-state index in [4.69, 9.17) is 4.74 Å². The van der Waals surface area contributed by atoms with Gasteiger partial charge >= 0.3 is 6.09 Å². The number of ether oxygens (including phenoxy) is 1. The SMILES string of the molecule is CC(C)(C)OC(=O)N1Cc2c(-c3ccccc3F)ccc(F)c2C2(CC2)C1. The van der Waals surface area contributed by atoms with Gasteiger partial charge < -0.3 is 9.64 Å². The molecule has 0 aromatic heterocycles. The van der Waals surface area contributed by atoms with Crippen LogP contribution in [-0.4, -0.2) is 23.1 Å². The van der Waals surface area contributed by atoms with E-state index >= 15 is 0 Å². The third-order valence-corrected chi connectivity index (χ3v) is 5.30. The van der Waals surface area contributed by atoms with Crippen LogP contribution in [0.15, 0.2) is 36.4 Å². The number of rotatable bonds is 1. The van der Waals surface area contributed by atoms with E-state index in [-0.39, 0.29) is 23.6 Å². The number of fused-ring (bicyclic) bond motifs is 2. The number of nitrogens with zero attached hydrogens (tertiary/aromatic N) is 1. The Labute approximate surface area is 157 Å². The highest BCUT2D eigenvalue weighted by Crippen LogP contribution is 2.54. The van der Waals surface area contributed by atoms with Crippen LogP contribution in [0.2, 0.25) is 0 Å². The van der Waals surface area contributed by atoms with Gasteiger partial charge in [-0.25, -0.2) is 13.6 Å². The largest absolute Gasteiger partial charge is 0.444 e. The second-order valence-electron chi connectivity index (χ2n) is 8.55. The molecule has 0 atom stereocenters. The number of halogens is 2. The molecule has 4 rings (SSSR count). The zero-order valence-corrected chi connectivity index (χ0v) is 15.8. The van der Waals surface area contributed by atoms with Gasteiger partial charge in [-0.1, -0.05) is 24.3 Å². The Bertz CT molecular complexity index is 913. The summed E-state index contributed by atoms with van der Waals surface area (Å²) in [5, 5.41) is 0.